The van der Waals surface area contributed by atoms with Gasteiger partial charge in [0.2, 0.25) is 0 Å². The molecule has 9 heteroatoms. The second-order valence-corrected chi connectivity index (χ2v) is 7.33. The quantitative estimate of drug-likeness (QED) is 0.335. The fourth-order valence-electron chi connectivity index (χ4n) is 1.81. The number of alkyl carbamates (subject to hydrolysis) is 1. The molecular weight excluding hydrogens is 324 g/mol. The molecule has 0 aromatic rings. The molecule has 0 rings (SSSR count). The van der Waals surface area contributed by atoms with E-state index in [1.165, 1.54) is 0 Å². The van der Waals surface area contributed by atoms with E-state index in [9.17, 15) is 4.79 Å². The van der Waals surface area contributed by atoms with Gasteiger partial charge in [-0.3, -0.25) is 5.32 Å². The van der Waals surface area contributed by atoms with Gasteiger partial charge in [0.05, 0.1) is 6.61 Å². The Morgan fingerprint density at radius 3 is 2.00 bits per heavy atom. The Labute approximate surface area is 139 Å². The molecule has 0 unspecified atom stereocenters. The zero-order valence-electron chi connectivity index (χ0n) is 13.9. The number of carbonyl (C=O) groups excluding carboxylic acids is 1. The van der Waals surface area contributed by atoms with Crippen molar-refractivity contribution in [3.8, 4) is 0 Å². The van der Waals surface area contributed by atoms with E-state index in [1.54, 1.807) is 6.92 Å². The number of ether oxygens (including phenoxy) is 1. The largest absolute Gasteiger partial charge is 0.500 e. The number of amides is 1. The average molecular weight is 353 g/mol. The number of nitrogens with one attached hydrogen (secondary N) is 2. The first-order valence-corrected chi connectivity index (χ1v) is 10.0. The minimum Gasteiger partial charge on any atom is -0.450 e. The first kappa shape index (κ1) is 21.3. The lowest BCUT2D eigenvalue weighted by Crippen LogP contribution is -2.47. The lowest BCUT2D eigenvalue weighted by molar-refractivity contribution is 0.0709. The van der Waals surface area contributed by atoms with Crippen LogP contribution < -0.4 is 10.6 Å². The molecule has 0 spiro atoms. The molecule has 0 bridgehead atoms. The van der Waals surface area contributed by atoms with Gasteiger partial charge in [-0.1, -0.05) is 0 Å². The lowest BCUT2D eigenvalue weighted by Gasteiger charge is -2.28. The van der Waals surface area contributed by atoms with Crippen molar-refractivity contribution in [1.29, 1.82) is 0 Å². The van der Waals surface area contributed by atoms with E-state index in [2.05, 4.69) is 10.6 Å². The van der Waals surface area contributed by atoms with Crippen LogP contribution in [0.2, 0.25) is 6.04 Å². The summed E-state index contributed by atoms with van der Waals surface area (Å²) in [4.78, 5) is 11.2. The molecule has 0 aromatic heterocycles. The summed E-state index contributed by atoms with van der Waals surface area (Å²) in [6, 6.07) is 0.692. The Balaban J connectivity index is 4.16. The fraction of sp³-hybridized carbons (Fsp3) is 0.846. The number of thiocarbonyl (C=S) groups is 1. The van der Waals surface area contributed by atoms with Gasteiger partial charge < -0.3 is 23.3 Å². The van der Waals surface area contributed by atoms with E-state index in [-0.39, 0.29) is 5.11 Å². The third-order valence-electron chi connectivity index (χ3n) is 2.53. The zero-order valence-corrected chi connectivity index (χ0v) is 15.7. The Kier molecular flexibility index (Phi) is 12.3. The SMILES string of the molecule is CCOC(=O)NC(=S)NCCC[Si](OCC)(OCC)OCC. The van der Waals surface area contributed by atoms with Gasteiger partial charge in [-0.05, 0) is 46.3 Å². The topological polar surface area (TPSA) is 78.1 Å². The predicted molar refractivity (Wildman–Crippen MR) is 90.8 cm³/mol. The zero-order chi connectivity index (χ0) is 16.8. The first-order chi connectivity index (χ1) is 10.5. The summed E-state index contributed by atoms with van der Waals surface area (Å²) >= 11 is 5.00. The van der Waals surface area contributed by atoms with Gasteiger partial charge in [0.25, 0.3) is 0 Å². The van der Waals surface area contributed by atoms with E-state index >= 15 is 0 Å². The van der Waals surface area contributed by atoms with Crippen molar-refractivity contribution in [2.45, 2.75) is 40.2 Å². The van der Waals surface area contributed by atoms with Crippen LogP contribution in [0.3, 0.4) is 0 Å². The van der Waals surface area contributed by atoms with E-state index in [0.29, 0.717) is 39.0 Å². The summed E-state index contributed by atoms with van der Waals surface area (Å²) in [5.41, 5.74) is 0. The van der Waals surface area contributed by atoms with Crippen molar-refractivity contribution in [2.75, 3.05) is 33.0 Å². The van der Waals surface area contributed by atoms with Crippen LogP contribution in [0.4, 0.5) is 4.79 Å². The van der Waals surface area contributed by atoms with E-state index in [1.807, 2.05) is 20.8 Å². The Morgan fingerprint density at radius 2 is 1.55 bits per heavy atom. The number of rotatable bonds is 11. The summed E-state index contributed by atoms with van der Waals surface area (Å²) in [5, 5.41) is 5.62. The Bertz CT molecular complexity index is 317. The second-order valence-electron chi connectivity index (χ2n) is 4.19. The van der Waals surface area contributed by atoms with Crippen LogP contribution in [-0.4, -0.2) is 53.0 Å². The highest BCUT2D eigenvalue weighted by Gasteiger charge is 2.39. The molecule has 0 aliphatic heterocycles. The standard InChI is InChI=1S/C13H28N2O5SSi/c1-5-17-13(16)15-12(21)14-10-9-11-22(18-6-2,19-7-3)20-8-4/h5-11H2,1-4H3,(H2,14,15,16,21). The van der Waals surface area contributed by atoms with Crippen molar-refractivity contribution in [3.05, 3.63) is 0 Å². The minimum absolute atomic E-state index is 0.245. The van der Waals surface area contributed by atoms with Crippen molar-refractivity contribution in [2.24, 2.45) is 0 Å². The molecular formula is C13H28N2O5SSi. The molecule has 0 aromatic carbocycles. The van der Waals surface area contributed by atoms with E-state index < -0.39 is 14.9 Å². The highest BCUT2D eigenvalue weighted by molar-refractivity contribution is 7.80. The summed E-state index contributed by atoms with van der Waals surface area (Å²) in [6.07, 6.45) is 0.207. The third-order valence-corrected chi connectivity index (χ3v) is 5.93. The third kappa shape index (κ3) is 9.31. The van der Waals surface area contributed by atoms with Crippen molar-refractivity contribution < 1.29 is 22.8 Å². The molecule has 0 aliphatic carbocycles. The molecule has 7 nitrogen and oxygen atoms in total. The van der Waals surface area contributed by atoms with Crippen molar-refractivity contribution in [3.63, 3.8) is 0 Å². The van der Waals surface area contributed by atoms with Crippen LogP contribution in [0.1, 0.15) is 34.1 Å². The number of carbonyl (C=O) groups is 1. The van der Waals surface area contributed by atoms with Crippen molar-refractivity contribution in [1.82, 2.24) is 10.6 Å². The predicted octanol–water partition coefficient (Wildman–Crippen LogP) is 2.05. The van der Waals surface area contributed by atoms with Crippen LogP contribution in [0.5, 0.6) is 0 Å². The molecule has 22 heavy (non-hydrogen) atoms. The molecule has 0 saturated carbocycles. The maximum Gasteiger partial charge on any atom is 0.500 e. The number of hydrogen-bond acceptors (Lipinski definition) is 6. The monoisotopic (exact) mass is 352 g/mol. The van der Waals surface area contributed by atoms with E-state index in [4.69, 9.17) is 30.2 Å². The van der Waals surface area contributed by atoms with Crippen LogP contribution in [0.15, 0.2) is 0 Å². The normalized spacial score (nSPS) is 11.1. The summed E-state index contributed by atoms with van der Waals surface area (Å²) in [5.74, 6) is 0. The van der Waals surface area contributed by atoms with Gasteiger partial charge in [0, 0.05) is 32.4 Å². The molecule has 2 N–H and O–H groups in total. The molecule has 0 fully saturated rings. The number of hydrogen-bond donors (Lipinski definition) is 2. The summed E-state index contributed by atoms with van der Waals surface area (Å²) in [6.45, 7) is 10.1. The first-order valence-electron chi connectivity index (χ1n) is 7.66. The Morgan fingerprint density at radius 1 is 1.00 bits per heavy atom. The van der Waals surface area contributed by atoms with Gasteiger partial charge in [-0.25, -0.2) is 4.79 Å². The summed E-state index contributed by atoms with van der Waals surface area (Å²) in [7, 11) is -2.61. The molecule has 0 atom stereocenters. The molecule has 0 radical (unpaired) electrons. The van der Waals surface area contributed by atoms with Gasteiger partial charge in [-0.15, -0.1) is 0 Å². The van der Waals surface area contributed by atoms with Gasteiger partial charge in [0.15, 0.2) is 5.11 Å². The van der Waals surface area contributed by atoms with Crippen LogP contribution in [0, 0.1) is 0 Å². The van der Waals surface area contributed by atoms with Crippen LogP contribution in [-0.2, 0) is 18.0 Å². The average Bonchev–Trinajstić information content (AvgIpc) is 2.45. The Hall–Kier alpha value is -0.743. The lowest BCUT2D eigenvalue weighted by atomic mass is 10.5. The molecule has 0 heterocycles. The minimum atomic E-state index is -2.61. The maximum atomic E-state index is 11.2. The van der Waals surface area contributed by atoms with Gasteiger partial charge in [-0.2, -0.15) is 0 Å². The molecule has 130 valence electrons. The van der Waals surface area contributed by atoms with Crippen LogP contribution >= 0.6 is 12.2 Å². The van der Waals surface area contributed by atoms with Gasteiger partial charge in [0.1, 0.15) is 0 Å². The second kappa shape index (κ2) is 12.8. The van der Waals surface area contributed by atoms with Gasteiger partial charge >= 0.3 is 14.9 Å². The van der Waals surface area contributed by atoms with E-state index in [0.717, 1.165) is 6.42 Å². The fourth-order valence-corrected chi connectivity index (χ4v) is 4.61. The van der Waals surface area contributed by atoms with Crippen molar-refractivity contribution >= 4 is 32.2 Å². The molecule has 0 saturated heterocycles. The summed E-state index contributed by atoms with van der Waals surface area (Å²) < 4.78 is 22.0. The highest BCUT2D eigenvalue weighted by Crippen LogP contribution is 2.17. The highest BCUT2D eigenvalue weighted by atomic mass is 32.1. The molecule has 0 aliphatic rings. The molecule has 1 amide bonds. The smallest absolute Gasteiger partial charge is 0.450 e. The van der Waals surface area contributed by atoms with Crippen LogP contribution in [0.25, 0.3) is 0 Å². The maximum absolute atomic E-state index is 11.2.